The fourth-order valence-electron chi connectivity index (χ4n) is 1.76. The Bertz CT molecular complexity index is 497. The molecule has 2 aromatic rings. The van der Waals surface area contributed by atoms with Gasteiger partial charge in [-0.3, -0.25) is 5.10 Å². The lowest BCUT2D eigenvalue weighted by molar-refractivity contribution is 0.407. The van der Waals surface area contributed by atoms with Crippen LogP contribution in [0, 0.1) is 0 Å². The zero-order valence-corrected chi connectivity index (χ0v) is 10.5. The zero-order valence-electron chi connectivity index (χ0n) is 10.5. The first-order chi connectivity index (χ1) is 8.70. The van der Waals surface area contributed by atoms with Gasteiger partial charge in [0, 0.05) is 30.0 Å². The predicted octanol–water partition coefficient (Wildman–Crippen LogP) is 1.97. The first-order valence-electron chi connectivity index (χ1n) is 5.79. The maximum Gasteiger partial charge on any atom is 0.120 e. The van der Waals surface area contributed by atoms with Gasteiger partial charge < -0.3 is 15.2 Å². The average Bonchev–Trinajstić information content (AvgIpc) is 2.89. The van der Waals surface area contributed by atoms with Crippen LogP contribution in [0.3, 0.4) is 0 Å². The molecule has 2 rings (SSSR count). The summed E-state index contributed by atoms with van der Waals surface area (Å²) >= 11 is 0. The second-order valence-electron chi connectivity index (χ2n) is 4.11. The van der Waals surface area contributed by atoms with E-state index in [0.717, 1.165) is 17.0 Å². The molecule has 18 heavy (non-hydrogen) atoms. The van der Waals surface area contributed by atoms with E-state index in [2.05, 4.69) is 15.5 Å². The number of aromatic nitrogens is 2. The molecule has 0 aliphatic rings. The molecule has 0 saturated carbocycles. The molecule has 0 saturated heterocycles. The van der Waals surface area contributed by atoms with Crippen LogP contribution in [0.2, 0.25) is 0 Å². The van der Waals surface area contributed by atoms with E-state index in [-0.39, 0.29) is 11.8 Å². The highest BCUT2D eigenvalue weighted by molar-refractivity contribution is 5.41. The lowest BCUT2D eigenvalue weighted by Crippen LogP contribution is -2.18. The average molecular weight is 247 g/mol. The van der Waals surface area contributed by atoms with Crippen LogP contribution in [0.4, 0.5) is 0 Å². The molecule has 5 nitrogen and oxygen atoms in total. The van der Waals surface area contributed by atoms with Crippen LogP contribution < -0.4 is 10.1 Å². The van der Waals surface area contributed by atoms with Crippen molar-refractivity contribution in [3.63, 3.8) is 0 Å². The van der Waals surface area contributed by atoms with Gasteiger partial charge >= 0.3 is 0 Å². The van der Waals surface area contributed by atoms with Crippen molar-refractivity contribution in [2.24, 2.45) is 0 Å². The summed E-state index contributed by atoms with van der Waals surface area (Å²) < 4.78 is 5.16. The maximum atomic E-state index is 9.84. The summed E-state index contributed by atoms with van der Waals surface area (Å²) in [6.07, 6.45) is 1.71. The van der Waals surface area contributed by atoms with Crippen LogP contribution in [0.5, 0.6) is 11.5 Å². The molecule has 1 heterocycles. The SMILES string of the molecule is COc1ccc(O)c(C(C)NCc2ccn[nH]2)c1. The molecule has 1 unspecified atom stereocenters. The van der Waals surface area contributed by atoms with Gasteiger partial charge in [-0.25, -0.2) is 0 Å². The maximum absolute atomic E-state index is 9.84. The van der Waals surface area contributed by atoms with E-state index in [1.54, 1.807) is 25.4 Å². The molecule has 96 valence electrons. The van der Waals surface area contributed by atoms with Crippen molar-refractivity contribution < 1.29 is 9.84 Å². The van der Waals surface area contributed by atoms with Crippen LogP contribution in [0.25, 0.3) is 0 Å². The molecule has 1 aromatic heterocycles. The van der Waals surface area contributed by atoms with Gasteiger partial charge in [-0.1, -0.05) is 0 Å². The smallest absolute Gasteiger partial charge is 0.120 e. The highest BCUT2D eigenvalue weighted by atomic mass is 16.5. The van der Waals surface area contributed by atoms with E-state index in [1.165, 1.54) is 0 Å². The fourth-order valence-corrected chi connectivity index (χ4v) is 1.76. The Morgan fingerprint density at radius 3 is 2.94 bits per heavy atom. The van der Waals surface area contributed by atoms with Crippen molar-refractivity contribution in [1.82, 2.24) is 15.5 Å². The first-order valence-corrected chi connectivity index (χ1v) is 5.79. The first kappa shape index (κ1) is 12.4. The third-order valence-electron chi connectivity index (χ3n) is 2.86. The van der Waals surface area contributed by atoms with E-state index >= 15 is 0 Å². The van der Waals surface area contributed by atoms with Gasteiger partial charge in [-0.15, -0.1) is 0 Å². The number of hydrogen-bond donors (Lipinski definition) is 3. The minimum Gasteiger partial charge on any atom is -0.508 e. The van der Waals surface area contributed by atoms with E-state index < -0.39 is 0 Å². The third-order valence-corrected chi connectivity index (χ3v) is 2.86. The summed E-state index contributed by atoms with van der Waals surface area (Å²) in [7, 11) is 1.61. The molecule has 0 bridgehead atoms. The number of aromatic amines is 1. The summed E-state index contributed by atoms with van der Waals surface area (Å²) in [4.78, 5) is 0. The summed E-state index contributed by atoms with van der Waals surface area (Å²) in [5, 5.41) is 19.9. The molecule has 0 aliphatic carbocycles. The van der Waals surface area contributed by atoms with E-state index in [1.807, 2.05) is 19.1 Å². The zero-order chi connectivity index (χ0) is 13.0. The number of rotatable bonds is 5. The predicted molar refractivity (Wildman–Crippen MR) is 68.5 cm³/mol. The molecule has 0 aliphatic heterocycles. The Kier molecular flexibility index (Phi) is 3.84. The second-order valence-corrected chi connectivity index (χ2v) is 4.11. The van der Waals surface area contributed by atoms with Crippen molar-refractivity contribution in [1.29, 1.82) is 0 Å². The second kappa shape index (κ2) is 5.55. The van der Waals surface area contributed by atoms with Crippen LogP contribution in [0.15, 0.2) is 30.5 Å². The molecule has 3 N–H and O–H groups in total. The minimum atomic E-state index is 0.0170. The molecular formula is C13H17N3O2. The van der Waals surface area contributed by atoms with E-state index in [0.29, 0.717) is 6.54 Å². The van der Waals surface area contributed by atoms with Gasteiger partial charge in [0.2, 0.25) is 0 Å². The monoisotopic (exact) mass is 247 g/mol. The number of phenolic OH excluding ortho intramolecular Hbond substituents is 1. The molecule has 0 amide bonds. The van der Waals surface area contributed by atoms with Crippen molar-refractivity contribution in [2.75, 3.05) is 7.11 Å². The topological polar surface area (TPSA) is 70.2 Å². The van der Waals surface area contributed by atoms with Gasteiger partial charge in [0.1, 0.15) is 11.5 Å². The van der Waals surface area contributed by atoms with Gasteiger partial charge in [0.05, 0.1) is 7.11 Å². The Balaban J connectivity index is 2.05. The number of nitrogens with zero attached hydrogens (tertiary/aromatic N) is 1. The van der Waals surface area contributed by atoms with Crippen molar-refractivity contribution in [3.05, 3.63) is 41.7 Å². The highest BCUT2D eigenvalue weighted by Gasteiger charge is 2.11. The number of nitrogens with one attached hydrogen (secondary N) is 2. The number of methoxy groups -OCH3 is 1. The Labute approximate surface area is 106 Å². The Morgan fingerprint density at radius 2 is 2.28 bits per heavy atom. The van der Waals surface area contributed by atoms with Crippen LogP contribution >= 0.6 is 0 Å². The molecule has 1 atom stereocenters. The number of hydrogen-bond acceptors (Lipinski definition) is 4. The lowest BCUT2D eigenvalue weighted by Gasteiger charge is -2.16. The van der Waals surface area contributed by atoms with Gasteiger partial charge in [0.15, 0.2) is 0 Å². The number of benzene rings is 1. The fraction of sp³-hybridized carbons (Fsp3) is 0.308. The molecule has 0 spiro atoms. The standard InChI is InChI=1S/C13H17N3O2/c1-9(14-8-10-5-6-15-16-10)12-7-11(18-2)3-4-13(12)17/h3-7,9,14,17H,8H2,1-2H3,(H,15,16). The van der Waals surface area contributed by atoms with Gasteiger partial charge in [-0.05, 0) is 31.2 Å². The third kappa shape index (κ3) is 2.81. The number of aromatic hydroxyl groups is 1. The summed E-state index contributed by atoms with van der Waals surface area (Å²) in [6.45, 7) is 2.66. The number of H-pyrrole nitrogens is 1. The van der Waals surface area contributed by atoms with Crippen molar-refractivity contribution in [2.45, 2.75) is 19.5 Å². The largest absolute Gasteiger partial charge is 0.508 e. The van der Waals surface area contributed by atoms with Crippen molar-refractivity contribution >= 4 is 0 Å². The van der Waals surface area contributed by atoms with Crippen molar-refractivity contribution in [3.8, 4) is 11.5 Å². The molecule has 0 radical (unpaired) electrons. The molecule has 1 aromatic carbocycles. The summed E-state index contributed by atoms with van der Waals surface area (Å²) in [6, 6.07) is 7.14. The molecule has 0 fully saturated rings. The van der Waals surface area contributed by atoms with E-state index in [4.69, 9.17) is 4.74 Å². The minimum absolute atomic E-state index is 0.0170. The Hall–Kier alpha value is -2.01. The normalized spacial score (nSPS) is 12.3. The summed E-state index contributed by atoms with van der Waals surface area (Å²) in [5.41, 5.74) is 1.82. The lowest BCUT2D eigenvalue weighted by atomic mass is 10.1. The van der Waals surface area contributed by atoms with Crippen LogP contribution in [-0.4, -0.2) is 22.4 Å². The Morgan fingerprint density at radius 1 is 1.44 bits per heavy atom. The van der Waals surface area contributed by atoms with Gasteiger partial charge in [-0.2, -0.15) is 5.10 Å². The van der Waals surface area contributed by atoms with Crippen LogP contribution in [-0.2, 0) is 6.54 Å². The van der Waals surface area contributed by atoms with E-state index in [9.17, 15) is 5.11 Å². The van der Waals surface area contributed by atoms with Crippen LogP contribution in [0.1, 0.15) is 24.2 Å². The highest BCUT2D eigenvalue weighted by Crippen LogP contribution is 2.28. The quantitative estimate of drug-likeness (QED) is 0.755. The van der Waals surface area contributed by atoms with Gasteiger partial charge in [0.25, 0.3) is 0 Å². The summed E-state index contributed by atoms with van der Waals surface area (Å²) in [5.74, 6) is 0.999. The molecular weight excluding hydrogens is 230 g/mol. The number of phenols is 1. The number of ether oxygens (including phenoxy) is 1. The molecule has 5 heteroatoms.